The molecule has 2 rings (SSSR count). The number of hydrogen-bond acceptors (Lipinski definition) is 2. The largest absolute Gasteiger partial charge is 0.315 e. The molecule has 1 aliphatic heterocycles. The Hall–Kier alpha value is -0.0800. The van der Waals surface area contributed by atoms with Gasteiger partial charge in [0, 0.05) is 25.7 Å². The molecular formula is C12H24N2. The summed E-state index contributed by atoms with van der Waals surface area (Å²) in [6.07, 6.45) is 1.46. The molecule has 82 valence electrons. The van der Waals surface area contributed by atoms with Gasteiger partial charge in [-0.15, -0.1) is 0 Å². The van der Waals surface area contributed by atoms with Crippen molar-refractivity contribution in [3.05, 3.63) is 0 Å². The zero-order valence-electron chi connectivity index (χ0n) is 9.79. The van der Waals surface area contributed by atoms with Crippen LogP contribution in [0.4, 0.5) is 0 Å². The smallest absolute Gasteiger partial charge is 0.0110 e. The van der Waals surface area contributed by atoms with Crippen LogP contribution >= 0.6 is 0 Å². The van der Waals surface area contributed by atoms with E-state index < -0.39 is 0 Å². The number of nitrogens with one attached hydrogen (secondary N) is 1. The van der Waals surface area contributed by atoms with E-state index in [2.05, 4.69) is 31.0 Å². The Morgan fingerprint density at radius 3 is 2.71 bits per heavy atom. The summed E-state index contributed by atoms with van der Waals surface area (Å²) >= 11 is 0. The minimum absolute atomic E-state index is 0.812. The van der Waals surface area contributed by atoms with E-state index in [0.717, 1.165) is 23.8 Å². The Labute approximate surface area is 88.1 Å². The lowest BCUT2D eigenvalue weighted by molar-refractivity contribution is 0.180. The first-order chi connectivity index (χ1) is 6.68. The Kier molecular flexibility index (Phi) is 3.13. The van der Waals surface area contributed by atoms with E-state index in [1.54, 1.807) is 0 Å². The van der Waals surface area contributed by atoms with Gasteiger partial charge < -0.3 is 5.32 Å². The normalized spacial score (nSPS) is 41.8. The molecule has 0 spiro atoms. The van der Waals surface area contributed by atoms with Gasteiger partial charge in [0.2, 0.25) is 0 Å². The van der Waals surface area contributed by atoms with E-state index in [0.29, 0.717) is 0 Å². The van der Waals surface area contributed by atoms with E-state index in [-0.39, 0.29) is 0 Å². The predicted octanol–water partition coefficient (Wildman–Crippen LogP) is 1.57. The van der Waals surface area contributed by atoms with Gasteiger partial charge in [0.25, 0.3) is 0 Å². The van der Waals surface area contributed by atoms with Gasteiger partial charge in [0.15, 0.2) is 0 Å². The average Bonchev–Trinajstić information content (AvgIpc) is 2.89. The number of rotatable bonds is 2. The quantitative estimate of drug-likeness (QED) is 0.721. The van der Waals surface area contributed by atoms with E-state index in [9.17, 15) is 0 Å². The molecule has 2 aliphatic rings. The highest BCUT2D eigenvalue weighted by atomic mass is 15.2. The number of hydrogen-bond donors (Lipinski definition) is 1. The monoisotopic (exact) mass is 196 g/mol. The van der Waals surface area contributed by atoms with Crippen molar-refractivity contribution < 1.29 is 0 Å². The highest BCUT2D eigenvalue weighted by molar-refractivity contribution is 4.92. The Morgan fingerprint density at radius 1 is 1.36 bits per heavy atom. The second-order valence-corrected chi connectivity index (χ2v) is 5.42. The maximum absolute atomic E-state index is 3.51. The van der Waals surface area contributed by atoms with Gasteiger partial charge in [-0.05, 0) is 37.6 Å². The summed E-state index contributed by atoms with van der Waals surface area (Å²) < 4.78 is 0. The molecule has 1 saturated heterocycles. The molecule has 0 aromatic carbocycles. The van der Waals surface area contributed by atoms with Crippen molar-refractivity contribution in [3.8, 4) is 0 Å². The summed E-state index contributed by atoms with van der Waals surface area (Å²) in [4.78, 5) is 2.69. The highest BCUT2D eigenvalue weighted by Gasteiger charge is 2.39. The second-order valence-electron chi connectivity index (χ2n) is 5.42. The van der Waals surface area contributed by atoms with Crippen LogP contribution in [0.25, 0.3) is 0 Å². The lowest BCUT2D eigenvalue weighted by atomic mass is 10.1. The van der Waals surface area contributed by atoms with Crippen LogP contribution in [-0.2, 0) is 0 Å². The van der Waals surface area contributed by atoms with Crippen LogP contribution in [0.2, 0.25) is 0 Å². The summed E-state index contributed by atoms with van der Waals surface area (Å²) in [6, 6.07) is 0.812. The molecule has 0 amide bonds. The maximum atomic E-state index is 3.51. The molecule has 2 fully saturated rings. The maximum Gasteiger partial charge on any atom is 0.0110 e. The number of nitrogens with zero attached hydrogens (tertiary/aromatic N) is 1. The van der Waals surface area contributed by atoms with Gasteiger partial charge >= 0.3 is 0 Å². The van der Waals surface area contributed by atoms with Gasteiger partial charge in [-0.2, -0.15) is 0 Å². The third-order valence-corrected chi connectivity index (χ3v) is 3.98. The molecule has 1 aliphatic carbocycles. The van der Waals surface area contributed by atoms with E-state index in [1.807, 2.05) is 0 Å². The summed E-state index contributed by atoms with van der Waals surface area (Å²) in [7, 11) is 0. The van der Waals surface area contributed by atoms with Crippen LogP contribution in [0.1, 0.15) is 27.2 Å². The van der Waals surface area contributed by atoms with Crippen molar-refractivity contribution in [3.63, 3.8) is 0 Å². The van der Waals surface area contributed by atoms with Crippen molar-refractivity contribution in [2.45, 2.75) is 33.2 Å². The Balaban J connectivity index is 1.88. The van der Waals surface area contributed by atoms with Crippen molar-refractivity contribution in [2.75, 3.05) is 26.2 Å². The predicted molar refractivity (Wildman–Crippen MR) is 60.3 cm³/mol. The van der Waals surface area contributed by atoms with Crippen LogP contribution in [0.3, 0.4) is 0 Å². The van der Waals surface area contributed by atoms with E-state index >= 15 is 0 Å². The van der Waals surface area contributed by atoms with Crippen molar-refractivity contribution in [2.24, 2.45) is 17.8 Å². The summed E-state index contributed by atoms with van der Waals surface area (Å²) in [5.41, 5.74) is 0. The zero-order chi connectivity index (χ0) is 10.1. The molecule has 4 unspecified atom stereocenters. The molecule has 0 radical (unpaired) electrons. The molecule has 1 saturated carbocycles. The molecule has 2 nitrogen and oxygen atoms in total. The third-order valence-electron chi connectivity index (χ3n) is 3.98. The summed E-state index contributed by atoms with van der Waals surface area (Å²) in [6.45, 7) is 12.1. The fourth-order valence-electron chi connectivity index (χ4n) is 2.79. The van der Waals surface area contributed by atoms with Crippen molar-refractivity contribution >= 4 is 0 Å². The Bertz CT molecular complexity index is 193. The van der Waals surface area contributed by atoms with Crippen LogP contribution in [0.15, 0.2) is 0 Å². The van der Waals surface area contributed by atoms with Crippen LogP contribution in [0.5, 0.6) is 0 Å². The molecule has 4 atom stereocenters. The molecule has 14 heavy (non-hydrogen) atoms. The zero-order valence-corrected chi connectivity index (χ0v) is 9.79. The second kappa shape index (κ2) is 4.19. The fourth-order valence-corrected chi connectivity index (χ4v) is 2.79. The van der Waals surface area contributed by atoms with Gasteiger partial charge in [-0.1, -0.05) is 13.8 Å². The summed E-state index contributed by atoms with van der Waals surface area (Å²) in [5.74, 6) is 2.78. The van der Waals surface area contributed by atoms with Crippen molar-refractivity contribution in [1.82, 2.24) is 10.2 Å². The van der Waals surface area contributed by atoms with Crippen LogP contribution < -0.4 is 5.32 Å². The summed E-state index contributed by atoms with van der Waals surface area (Å²) in [5, 5.41) is 3.51. The van der Waals surface area contributed by atoms with Gasteiger partial charge in [-0.25, -0.2) is 0 Å². The fraction of sp³-hybridized carbons (Fsp3) is 1.00. The molecule has 1 N–H and O–H groups in total. The topological polar surface area (TPSA) is 15.3 Å². The van der Waals surface area contributed by atoms with E-state index in [4.69, 9.17) is 0 Å². The first kappa shape index (κ1) is 10.4. The molecule has 1 heterocycles. The molecule has 0 aromatic rings. The van der Waals surface area contributed by atoms with Crippen LogP contribution in [-0.4, -0.2) is 37.1 Å². The van der Waals surface area contributed by atoms with Gasteiger partial charge in [-0.3, -0.25) is 4.90 Å². The van der Waals surface area contributed by atoms with Gasteiger partial charge in [0.05, 0.1) is 0 Å². The first-order valence-corrected chi connectivity index (χ1v) is 6.13. The molecular weight excluding hydrogens is 172 g/mol. The Morgan fingerprint density at radius 2 is 2.07 bits per heavy atom. The standard InChI is InChI=1S/C12H24N2/c1-9-7-13-4-5-14(8-9)11(3)12-6-10(12)2/h9-13H,4-8H2,1-3H3. The molecule has 0 bridgehead atoms. The van der Waals surface area contributed by atoms with Crippen molar-refractivity contribution in [1.29, 1.82) is 0 Å². The average molecular weight is 196 g/mol. The van der Waals surface area contributed by atoms with E-state index in [1.165, 1.54) is 32.6 Å². The molecule has 2 heteroatoms. The first-order valence-electron chi connectivity index (χ1n) is 6.13. The highest BCUT2D eigenvalue weighted by Crippen LogP contribution is 2.42. The molecule has 0 aromatic heterocycles. The minimum Gasteiger partial charge on any atom is -0.315 e. The lowest BCUT2D eigenvalue weighted by Gasteiger charge is -2.29. The minimum atomic E-state index is 0.812. The SMILES string of the molecule is CC1CNCCN(C(C)C2CC2C)C1. The third kappa shape index (κ3) is 2.29. The van der Waals surface area contributed by atoms with Crippen LogP contribution in [0, 0.1) is 17.8 Å². The van der Waals surface area contributed by atoms with Gasteiger partial charge in [0.1, 0.15) is 0 Å². The lowest BCUT2D eigenvalue weighted by Crippen LogP contribution is -2.38.